The second kappa shape index (κ2) is 5.86. The highest BCUT2D eigenvalue weighted by Crippen LogP contribution is 2.53. The van der Waals surface area contributed by atoms with E-state index in [2.05, 4.69) is 17.4 Å². The van der Waals surface area contributed by atoms with Crippen LogP contribution in [0.15, 0.2) is 42.5 Å². The Balaban J connectivity index is 1.71. The molecule has 0 spiro atoms. The summed E-state index contributed by atoms with van der Waals surface area (Å²) in [5.74, 6) is 1.11. The van der Waals surface area contributed by atoms with Gasteiger partial charge in [-0.1, -0.05) is 18.6 Å². The Hall–Kier alpha value is -2.49. The molecule has 1 fully saturated rings. The Kier molecular flexibility index (Phi) is 3.68. The molecule has 0 saturated heterocycles. The van der Waals surface area contributed by atoms with Gasteiger partial charge in [0.25, 0.3) is 0 Å². The minimum atomic E-state index is -0.880. The predicted molar refractivity (Wildman–Crippen MR) is 92.8 cm³/mol. The number of hydrogen-bond donors (Lipinski definition) is 2. The Labute approximate surface area is 141 Å². The number of nitrogens with one attached hydrogen (secondary N) is 1. The second-order valence-corrected chi connectivity index (χ2v) is 6.70. The molecule has 1 aliphatic carbocycles. The number of anilines is 1. The van der Waals surface area contributed by atoms with Gasteiger partial charge < -0.3 is 15.2 Å². The summed E-state index contributed by atoms with van der Waals surface area (Å²) in [5, 5.41) is 12.8. The zero-order valence-corrected chi connectivity index (χ0v) is 13.7. The van der Waals surface area contributed by atoms with Gasteiger partial charge in [-0.25, -0.2) is 4.79 Å². The van der Waals surface area contributed by atoms with Crippen LogP contribution in [0.3, 0.4) is 0 Å². The number of aromatic carboxylic acids is 1. The molecule has 24 heavy (non-hydrogen) atoms. The van der Waals surface area contributed by atoms with Crippen LogP contribution in [0.1, 0.15) is 52.7 Å². The SMILES string of the molecule is COc1ccc2c(c1)[C@@H]1CCC[C@@H]1[C@H](c1ccc(C(=O)O)cc1)N2. The fourth-order valence-corrected chi connectivity index (χ4v) is 4.32. The van der Waals surface area contributed by atoms with Crippen molar-refractivity contribution in [3.05, 3.63) is 59.2 Å². The quantitative estimate of drug-likeness (QED) is 0.876. The maximum Gasteiger partial charge on any atom is 0.335 e. The number of carbonyl (C=O) groups is 1. The molecular formula is C20H21NO3. The topological polar surface area (TPSA) is 58.6 Å². The van der Waals surface area contributed by atoms with E-state index in [0.29, 0.717) is 17.4 Å². The van der Waals surface area contributed by atoms with Crippen molar-refractivity contribution < 1.29 is 14.6 Å². The lowest BCUT2D eigenvalue weighted by molar-refractivity contribution is 0.0697. The molecule has 1 aliphatic heterocycles. The molecular weight excluding hydrogens is 302 g/mol. The van der Waals surface area contributed by atoms with Crippen LogP contribution in [0, 0.1) is 5.92 Å². The van der Waals surface area contributed by atoms with Gasteiger partial charge in [-0.15, -0.1) is 0 Å². The number of fused-ring (bicyclic) bond motifs is 3. The minimum Gasteiger partial charge on any atom is -0.497 e. The van der Waals surface area contributed by atoms with Crippen molar-refractivity contribution in [3.63, 3.8) is 0 Å². The zero-order valence-electron chi connectivity index (χ0n) is 13.7. The van der Waals surface area contributed by atoms with Crippen LogP contribution in [0.4, 0.5) is 5.69 Å². The maximum atomic E-state index is 11.1. The fourth-order valence-electron chi connectivity index (χ4n) is 4.32. The van der Waals surface area contributed by atoms with Gasteiger partial charge in [-0.05, 0) is 66.1 Å². The van der Waals surface area contributed by atoms with E-state index < -0.39 is 5.97 Å². The van der Waals surface area contributed by atoms with Gasteiger partial charge in [-0.2, -0.15) is 0 Å². The molecule has 0 amide bonds. The summed E-state index contributed by atoms with van der Waals surface area (Å²) >= 11 is 0. The van der Waals surface area contributed by atoms with Crippen molar-refractivity contribution in [2.75, 3.05) is 12.4 Å². The monoisotopic (exact) mass is 323 g/mol. The first kappa shape index (κ1) is 15.1. The first-order valence-electron chi connectivity index (χ1n) is 8.45. The van der Waals surface area contributed by atoms with Crippen LogP contribution in [-0.4, -0.2) is 18.2 Å². The molecule has 4 heteroatoms. The van der Waals surface area contributed by atoms with E-state index in [-0.39, 0.29) is 6.04 Å². The largest absolute Gasteiger partial charge is 0.497 e. The lowest BCUT2D eigenvalue weighted by Crippen LogP contribution is -2.28. The summed E-state index contributed by atoms with van der Waals surface area (Å²) in [7, 11) is 1.71. The maximum absolute atomic E-state index is 11.1. The van der Waals surface area contributed by atoms with Gasteiger partial charge in [0.15, 0.2) is 0 Å². The fraction of sp³-hybridized carbons (Fsp3) is 0.350. The van der Waals surface area contributed by atoms with Crippen molar-refractivity contribution in [1.29, 1.82) is 0 Å². The molecule has 3 atom stereocenters. The first-order chi connectivity index (χ1) is 11.7. The highest BCUT2D eigenvalue weighted by molar-refractivity contribution is 5.87. The van der Waals surface area contributed by atoms with Crippen LogP contribution in [0.25, 0.3) is 0 Å². The molecule has 0 bridgehead atoms. The number of benzene rings is 2. The van der Waals surface area contributed by atoms with Crippen LogP contribution in [-0.2, 0) is 0 Å². The molecule has 0 aromatic heterocycles. The van der Waals surface area contributed by atoms with Crippen molar-refractivity contribution in [3.8, 4) is 5.75 Å². The van der Waals surface area contributed by atoms with E-state index in [1.807, 2.05) is 18.2 Å². The normalized spacial score (nSPS) is 24.6. The standard InChI is InChI=1S/C20H21NO3/c1-24-14-9-10-18-17(11-14)15-3-2-4-16(15)19(21-18)12-5-7-13(8-6-12)20(22)23/h5-11,15-16,19,21H,2-4H2,1H3,(H,22,23)/t15-,16+,19+/m1/s1. The third-order valence-corrected chi connectivity index (χ3v) is 5.48. The molecule has 0 unspecified atom stereocenters. The van der Waals surface area contributed by atoms with Crippen molar-refractivity contribution in [1.82, 2.24) is 0 Å². The molecule has 1 heterocycles. The summed E-state index contributed by atoms with van der Waals surface area (Å²) in [6.45, 7) is 0. The molecule has 0 radical (unpaired) electrons. The van der Waals surface area contributed by atoms with Gasteiger partial charge in [-0.3, -0.25) is 0 Å². The predicted octanol–water partition coefficient (Wildman–Crippen LogP) is 4.44. The Bertz CT molecular complexity index is 769. The van der Waals surface area contributed by atoms with Gasteiger partial charge in [0.2, 0.25) is 0 Å². The molecule has 2 aliphatic rings. The Morgan fingerprint density at radius 2 is 1.96 bits per heavy atom. The third kappa shape index (κ3) is 2.42. The number of carboxylic acids is 1. The number of carboxylic acid groups (broad SMARTS) is 1. The lowest BCUT2D eigenvalue weighted by atomic mass is 9.77. The van der Waals surface area contributed by atoms with Crippen molar-refractivity contribution in [2.45, 2.75) is 31.2 Å². The zero-order chi connectivity index (χ0) is 16.7. The van der Waals surface area contributed by atoms with Gasteiger partial charge in [0.05, 0.1) is 18.7 Å². The molecule has 2 aromatic carbocycles. The molecule has 4 nitrogen and oxygen atoms in total. The summed E-state index contributed by atoms with van der Waals surface area (Å²) in [6.07, 6.45) is 3.63. The van der Waals surface area contributed by atoms with Crippen molar-refractivity contribution in [2.24, 2.45) is 5.92 Å². The van der Waals surface area contributed by atoms with Gasteiger partial charge in [0, 0.05) is 5.69 Å². The number of rotatable bonds is 3. The van der Waals surface area contributed by atoms with E-state index in [9.17, 15) is 4.79 Å². The molecule has 1 saturated carbocycles. The average molecular weight is 323 g/mol. The number of ether oxygens (including phenoxy) is 1. The van der Waals surface area contributed by atoms with Gasteiger partial charge in [0.1, 0.15) is 5.75 Å². The van der Waals surface area contributed by atoms with Crippen molar-refractivity contribution >= 4 is 11.7 Å². The Morgan fingerprint density at radius 3 is 2.67 bits per heavy atom. The number of methoxy groups -OCH3 is 1. The minimum absolute atomic E-state index is 0.237. The second-order valence-electron chi connectivity index (χ2n) is 6.70. The third-order valence-electron chi connectivity index (χ3n) is 5.48. The Morgan fingerprint density at radius 1 is 1.17 bits per heavy atom. The first-order valence-corrected chi connectivity index (χ1v) is 8.45. The molecule has 2 N–H and O–H groups in total. The van der Waals surface area contributed by atoms with E-state index in [4.69, 9.17) is 9.84 Å². The molecule has 2 aromatic rings. The van der Waals surface area contributed by atoms with E-state index >= 15 is 0 Å². The summed E-state index contributed by atoms with van der Waals surface area (Å²) < 4.78 is 5.39. The summed E-state index contributed by atoms with van der Waals surface area (Å²) in [5.41, 5.74) is 4.03. The van der Waals surface area contributed by atoms with E-state index in [1.165, 1.54) is 36.1 Å². The smallest absolute Gasteiger partial charge is 0.335 e. The highest BCUT2D eigenvalue weighted by atomic mass is 16.5. The summed E-state index contributed by atoms with van der Waals surface area (Å²) in [6, 6.07) is 13.8. The van der Waals surface area contributed by atoms with Crippen LogP contribution in [0.5, 0.6) is 5.75 Å². The molecule has 4 rings (SSSR count). The number of hydrogen-bond acceptors (Lipinski definition) is 3. The van der Waals surface area contributed by atoms with Crippen LogP contribution < -0.4 is 10.1 Å². The van der Waals surface area contributed by atoms with Crippen LogP contribution >= 0.6 is 0 Å². The highest BCUT2D eigenvalue weighted by Gasteiger charge is 2.40. The van der Waals surface area contributed by atoms with Crippen LogP contribution in [0.2, 0.25) is 0 Å². The summed E-state index contributed by atoms with van der Waals surface area (Å²) in [4.78, 5) is 11.1. The average Bonchev–Trinajstić information content (AvgIpc) is 3.10. The lowest BCUT2D eigenvalue weighted by Gasteiger charge is -2.37. The van der Waals surface area contributed by atoms with E-state index in [0.717, 1.165) is 5.75 Å². The van der Waals surface area contributed by atoms with E-state index in [1.54, 1.807) is 19.2 Å². The molecule has 124 valence electrons. The van der Waals surface area contributed by atoms with Gasteiger partial charge >= 0.3 is 5.97 Å².